The summed E-state index contributed by atoms with van der Waals surface area (Å²) in [4.78, 5) is 9.19. The van der Waals surface area contributed by atoms with E-state index in [0.717, 1.165) is 38.2 Å². The number of benzene rings is 1. The largest absolute Gasteiger partial charge is 0.375 e. The summed E-state index contributed by atoms with van der Waals surface area (Å²) < 4.78 is 63.1. The first-order valence-electron chi connectivity index (χ1n) is 13.4. The Morgan fingerprint density at radius 1 is 1.16 bits per heavy atom. The van der Waals surface area contributed by atoms with Gasteiger partial charge >= 0.3 is 0 Å². The van der Waals surface area contributed by atoms with Crippen LogP contribution in [0.1, 0.15) is 93.5 Å². The van der Waals surface area contributed by atoms with Crippen molar-refractivity contribution in [2.45, 2.75) is 84.0 Å². The third kappa shape index (κ3) is 7.33. The van der Waals surface area contributed by atoms with Gasteiger partial charge in [0.2, 0.25) is 5.79 Å². The molecule has 4 bridgehead atoms. The Bertz CT molecular complexity index is 1080. The van der Waals surface area contributed by atoms with Crippen LogP contribution in [-0.4, -0.2) is 36.4 Å². The highest BCUT2D eigenvalue weighted by atomic mass is 19.3. The number of aromatic nitrogens is 2. The SMILES string of the molecule is C=Cc1c2nc(C)nc1C(C)(OCCC)OCCCCCCCOCC(F)(F)c1cccc(c1F)[C@@H](C)N2. The van der Waals surface area contributed by atoms with Crippen molar-refractivity contribution in [3.63, 3.8) is 0 Å². The monoisotopic (exact) mass is 535 g/mol. The van der Waals surface area contributed by atoms with E-state index in [1.165, 1.54) is 12.1 Å². The Morgan fingerprint density at radius 2 is 1.87 bits per heavy atom. The summed E-state index contributed by atoms with van der Waals surface area (Å²) in [6.07, 6.45) is 6.54. The minimum Gasteiger partial charge on any atom is -0.375 e. The van der Waals surface area contributed by atoms with Crippen molar-refractivity contribution in [1.29, 1.82) is 0 Å². The Morgan fingerprint density at radius 3 is 2.58 bits per heavy atom. The molecule has 38 heavy (non-hydrogen) atoms. The number of fused-ring (bicyclic) bond motifs is 4. The van der Waals surface area contributed by atoms with Crippen LogP contribution >= 0.6 is 0 Å². The van der Waals surface area contributed by atoms with Gasteiger partial charge in [0.25, 0.3) is 5.92 Å². The summed E-state index contributed by atoms with van der Waals surface area (Å²) >= 11 is 0. The summed E-state index contributed by atoms with van der Waals surface area (Å²) in [7, 11) is 0. The van der Waals surface area contributed by atoms with Gasteiger partial charge in [-0.25, -0.2) is 14.4 Å². The third-order valence-electron chi connectivity index (χ3n) is 6.61. The Kier molecular flexibility index (Phi) is 10.7. The number of anilines is 1. The molecule has 0 amide bonds. The quantitative estimate of drug-likeness (QED) is 0.439. The molecule has 1 aliphatic rings. The second-order valence-corrected chi connectivity index (χ2v) is 9.83. The number of ether oxygens (including phenoxy) is 3. The molecule has 1 unspecified atom stereocenters. The Labute approximate surface area is 224 Å². The minimum atomic E-state index is -3.46. The number of nitrogens with one attached hydrogen (secondary N) is 1. The molecule has 1 aromatic carbocycles. The molecule has 2 heterocycles. The van der Waals surface area contributed by atoms with E-state index in [2.05, 4.69) is 21.9 Å². The second kappa shape index (κ2) is 13.5. The van der Waals surface area contributed by atoms with Crippen LogP contribution in [0.3, 0.4) is 0 Å². The highest BCUT2D eigenvalue weighted by Gasteiger charge is 2.37. The molecule has 9 heteroatoms. The number of hydrogen-bond acceptors (Lipinski definition) is 6. The first kappa shape index (κ1) is 30.1. The molecular weight excluding hydrogens is 495 g/mol. The van der Waals surface area contributed by atoms with Crippen LogP contribution in [0.15, 0.2) is 24.8 Å². The predicted octanol–water partition coefficient (Wildman–Crippen LogP) is 7.43. The molecule has 1 aliphatic heterocycles. The standard InChI is InChI=1S/C29H40F3N3O3/c1-6-16-37-28(5)26-22(7-2)27(35-21(4)34-26)33-20(3)23-14-13-15-24(25(23)30)29(31,32)19-36-17-11-9-8-10-12-18-38-28/h7,13-15,20H,2,6,8-12,16-19H2,1,3-5H3,(H,33,34,35)/t20-,28?/m1/s1. The molecule has 210 valence electrons. The van der Waals surface area contributed by atoms with Gasteiger partial charge in [-0.3, -0.25) is 0 Å². The first-order chi connectivity index (χ1) is 18.1. The zero-order valence-corrected chi connectivity index (χ0v) is 22.9. The van der Waals surface area contributed by atoms with E-state index in [9.17, 15) is 8.78 Å². The topological polar surface area (TPSA) is 65.5 Å². The van der Waals surface area contributed by atoms with Gasteiger partial charge in [0.1, 0.15) is 29.8 Å². The summed E-state index contributed by atoms with van der Waals surface area (Å²) in [6.45, 7) is 11.5. The van der Waals surface area contributed by atoms with E-state index in [-0.39, 0.29) is 12.2 Å². The fourth-order valence-corrected chi connectivity index (χ4v) is 4.54. The van der Waals surface area contributed by atoms with Crippen LogP contribution in [0.25, 0.3) is 6.08 Å². The van der Waals surface area contributed by atoms with Crippen LogP contribution in [0, 0.1) is 12.7 Å². The summed E-state index contributed by atoms with van der Waals surface area (Å²) in [5, 5.41) is 3.19. The van der Waals surface area contributed by atoms with Crippen molar-refractivity contribution in [3.8, 4) is 0 Å². The van der Waals surface area contributed by atoms with E-state index >= 15 is 4.39 Å². The summed E-state index contributed by atoms with van der Waals surface area (Å²) in [5.74, 6) is -4.74. The lowest BCUT2D eigenvalue weighted by Crippen LogP contribution is -2.33. The van der Waals surface area contributed by atoms with E-state index in [1.54, 1.807) is 19.9 Å². The molecule has 0 spiro atoms. The molecule has 1 N–H and O–H groups in total. The average molecular weight is 536 g/mol. The van der Waals surface area contributed by atoms with Gasteiger partial charge in [-0.15, -0.1) is 0 Å². The van der Waals surface area contributed by atoms with E-state index in [1.807, 2.05) is 13.8 Å². The molecule has 0 fully saturated rings. The molecule has 0 saturated heterocycles. The number of alkyl halides is 2. The predicted molar refractivity (Wildman–Crippen MR) is 143 cm³/mol. The third-order valence-corrected chi connectivity index (χ3v) is 6.61. The normalized spacial score (nSPS) is 23.3. The lowest BCUT2D eigenvalue weighted by atomic mass is 9.99. The van der Waals surface area contributed by atoms with Gasteiger partial charge in [-0.2, -0.15) is 8.78 Å². The van der Waals surface area contributed by atoms with Gasteiger partial charge in [0.15, 0.2) is 0 Å². The van der Waals surface area contributed by atoms with Gasteiger partial charge < -0.3 is 19.5 Å². The maximum absolute atomic E-state index is 15.5. The van der Waals surface area contributed by atoms with Gasteiger partial charge in [-0.05, 0) is 46.1 Å². The number of hydrogen-bond donors (Lipinski definition) is 1. The van der Waals surface area contributed by atoms with E-state index in [4.69, 9.17) is 14.2 Å². The molecule has 6 nitrogen and oxygen atoms in total. The van der Waals surface area contributed by atoms with Crippen LogP contribution in [0.2, 0.25) is 0 Å². The van der Waals surface area contributed by atoms with Crippen molar-refractivity contribution < 1.29 is 27.4 Å². The van der Waals surface area contributed by atoms with Crippen LogP contribution in [0.5, 0.6) is 0 Å². The van der Waals surface area contributed by atoms with E-state index in [0.29, 0.717) is 42.5 Å². The molecule has 0 saturated carbocycles. The molecular formula is C29H40F3N3O3. The van der Waals surface area contributed by atoms with Crippen molar-refractivity contribution >= 4 is 11.9 Å². The first-order valence-corrected chi connectivity index (χ1v) is 13.4. The van der Waals surface area contributed by atoms with Crippen LogP contribution in [0.4, 0.5) is 19.0 Å². The van der Waals surface area contributed by atoms with Gasteiger partial charge in [-0.1, -0.05) is 51.0 Å². The number of halogens is 3. The van der Waals surface area contributed by atoms with Gasteiger partial charge in [0, 0.05) is 17.7 Å². The van der Waals surface area contributed by atoms with Crippen molar-refractivity contribution in [2.24, 2.45) is 0 Å². The molecule has 1 aromatic heterocycles. The van der Waals surface area contributed by atoms with Crippen molar-refractivity contribution in [3.05, 3.63) is 58.8 Å². The fourth-order valence-electron chi connectivity index (χ4n) is 4.54. The molecule has 0 aliphatic carbocycles. The Hall–Kier alpha value is -2.49. The van der Waals surface area contributed by atoms with Crippen LogP contribution < -0.4 is 5.32 Å². The molecule has 0 radical (unpaired) electrons. The number of rotatable bonds is 4. The number of nitrogens with zero attached hydrogens (tertiary/aromatic N) is 2. The minimum absolute atomic E-state index is 0.0886. The highest BCUT2D eigenvalue weighted by molar-refractivity contribution is 5.65. The van der Waals surface area contributed by atoms with E-state index < -0.39 is 35.7 Å². The van der Waals surface area contributed by atoms with Crippen molar-refractivity contribution in [1.82, 2.24) is 9.97 Å². The molecule has 2 atom stereocenters. The second-order valence-electron chi connectivity index (χ2n) is 9.83. The zero-order valence-electron chi connectivity index (χ0n) is 22.9. The lowest BCUT2D eigenvalue weighted by Gasteiger charge is -2.32. The zero-order chi connectivity index (χ0) is 27.8. The number of aryl methyl sites for hydroxylation is 1. The summed E-state index contributed by atoms with van der Waals surface area (Å²) in [5.41, 5.74) is 0.461. The fraction of sp³-hybridized carbons (Fsp3) is 0.586. The summed E-state index contributed by atoms with van der Waals surface area (Å²) in [6, 6.07) is 3.33. The smallest absolute Gasteiger partial charge is 0.298 e. The van der Waals surface area contributed by atoms with Crippen LogP contribution in [-0.2, 0) is 25.9 Å². The maximum Gasteiger partial charge on any atom is 0.298 e. The van der Waals surface area contributed by atoms with Crippen molar-refractivity contribution in [2.75, 3.05) is 31.7 Å². The average Bonchev–Trinajstić information content (AvgIpc) is 2.87. The maximum atomic E-state index is 15.5. The highest BCUT2D eigenvalue weighted by Crippen LogP contribution is 2.36. The molecule has 2 aromatic rings. The lowest BCUT2D eigenvalue weighted by molar-refractivity contribution is -0.237. The molecule has 3 rings (SSSR count). The Balaban J connectivity index is 2.06. The van der Waals surface area contributed by atoms with Gasteiger partial charge in [0.05, 0.1) is 24.8 Å².